The number of urea groups is 1. The predicted molar refractivity (Wildman–Crippen MR) is 47.0 cm³/mol. The fourth-order valence-electron chi connectivity index (χ4n) is 0.902. The third kappa shape index (κ3) is 8.61. The van der Waals surface area contributed by atoms with Crippen LogP contribution in [0.2, 0.25) is 0 Å². The van der Waals surface area contributed by atoms with E-state index in [-0.39, 0.29) is 12.5 Å². The van der Waals surface area contributed by atoms with Crippen LogP contribution in [-0.2, 0) is 4.79 Å². The summed E-state index contributed by atoms with van der Waals surface area (Å²) in [6.07, 6.45) is 1.15. The molecule has 0 saturated carbocycles. The van der Waals surface area contributed by atoms with Crippen molar-refractivity contribution in [2.45, 2.75) is 25.3 Å². The molecule has 0 fully saturated rings. The lowest BCUT2D eigenvalue weighted by atomic mass is 10.1. The van der Waals surface area contributed by atoms with E-state index in [0.29, 0.717) is 19.4 Å². The Labute approximate surface area is 76.3 Å². The van der Waals surface area contributed by atoms with Crippen LogP contribution in [-0.4, -0.2) is 29.7 Å². The van der Waals surface area contributed by atoms with E-state index in [1.807, 2.05) is 0 Å². The summed E-state index contributed by atoms with van der Waals surface area (Å²) in [7, 11) is 0. The highest BCUT2D eigenvalue weighted by Crippen LogP contribution is 1.97. The summed E-state index contributed by atoms with van der Waals surface area (Å²) in [5, 5.41) is 10.7. The van der Waals surface area contributed by atoms with Crippen LogP contribution in [0.4, 0.5) is 4.79 Å². The molecule has 0 rings (SSSR count). The van der Waals surface area contributed by atoms with Gasteiger partial charge in [-0.1, -0.05) is 0 Å². The summed E-state index contributed by atoms with van der Waals surface area (Å²) in [4.78, 5) is 20.4. The SMILES string of the molecule is NC(=O)NCCC[C@@H](N)CC(=O)O. The number of carbonyl (C=O) groups is 2. The minimum absolute atomic E-state index is 0.0451. The van der Waals surface area contributed by atoms with Crippen molar-refractivity contribution in [3.05, 3.63) is 0 Å². The number of amides is 2. The molecule has 0 aliphatic rings. The quantitative estimate of drug-likeness (QED) is 0.410. The van der Waals surface area contributed by atoms with Gasteiger partial charge in [-0.25, -0.2) is 4.79 Å². The highest BCUT2D eigenvalue weighted by molar-refractivity contribution is 5.71. The smallest absolute Gasteiger partial charge is 0.312 e. The Balaban J connectivity index is 3.31. The van der Waals surface area contributed by atoms with Gasteiger partial charge in [0.25, 0.3) is 0 Å². The van der Waals surface area contributed by atoms with Crippen molar-refractivity contribution in [2.24, 2.45) is 11.5 Å². The maximum Gasteiger partial charge on any atom is 0.312 e. The number of hydrogen-bond donors (Lipinski definition) is 4. The summed E-state index contributed by atoms with van der Waals surface area (Å²) < 4.78 is 0. The molecule has 0 saturated heterocycles. The van der Waals surface area contributed by atoms with Crippen LogP contribution in [0.3, 0.4) is 0 Å². The molecular weight excluding hydrogens is 174 g/mol. The minimum Gasteiger partial charge on any atom is -0.481 e. The monoisotopic (exact) mass is 189 g/mol. The molecule has 0 aliphatic carbocycles. The molecular formula is C7H15N3O3. The normalized spacial score (nSPS) is 12.1. The van der Waals surface area contributed by atoms with Gasteiger partial charge in [-0.15, -0.1) is 0 Å². The first kappa shape index (κ1) is 11.7. The van der Waals surface area contributed by atoms with Crippen molar-refractivity contribution < 1.29 is 14.7 Å². The molecule has 0 radical (unpaired) electrons. The van der Waals surface area contributed by atoms with Crippen molar-refractivity contribution in [1.82, 2.24) is 5.32 Å². The van der Waals surface area contributed by atoms with Gasteiger partial charge in [0.2, 0.25) is 0 Å². The summed E-state index contributed by atoms with van der Waals surface area (Å²) in [5.41, 5.74) is 10.3. The number of rotatable bonds is 6. The minimum atomic E-state index is -0.907. The van der Waals surface area contributed by atoms with Crippen molar-refractivity contribution >= 4 is 12.0 Å². The second kappa shape index (κ2) is 6.24. The molecule has 0 aliphatic heterocycles. The van der Waals surface area contributed by atoms with Crippen LogP contribution in [0.5, 0.6) is 0 Å². The Kier molecular flexibility index (Phi) is 5.62. The van der Waals surface area contributed by atoms with Gasteiger partial charge in [-0.05, 0) is 12.8 Å². The summed E-state index contributed by atoms with van der Waals surface area (Å²) in [6, 6.07) is -0.931. The maximum atomic E-state index is 10.2. The lowest BCUT2D eigenvalue weighted by molar-refractivity contribution is -0.137. The first-order valence-corrected chi connectivity index (χ1v) is 4.03. The molecule has 0 aromatic heterocycles. The van der Waals surface area contributed by atoms with Crippen LogP contribution < -0.4 is 16.8 Å². The molecule has 0 aromatic carbocycles. The molecule has 6 heteroatoms. The fraction of sp³-hybridized carbons (Fsp3) is 0.714. The van der Waals surface area contributed by atoms with Gasteiger partial charge in [0.1, 0.15) is 0 Å². The van der Waals surface area contributed by atoms with Gasteiger partial charge in [-0.3, -0.25) is 4.79 Å². The van der Waals surface area contributed by atoms with E-state index >= 15 is 0 Å². The average Bonchev–Trinajstić information content (AvgIpc) is 1.96. The lowest BCUT2D eigenvalue weighted by Crippen LogP contribution is -2.31. The number of nitrogens with one attached hydrogen (secondary N) is 1. The van der Waals surface area contributed by atoms with E-state index < -0.39 is 12.0 Å². The number of carboxylic acid groups (broad SMARTS) is 1. The van der Waals surface area contributed by atoms with Gasteiger partial charge in [0.15, 0.2) is 0 Å². The standard InChI is InChI=1S/C7H15N3O3/c8-5(4-6(11)12)2-1-3-10-7(9)13/h5H,1-4,8H2,(H,11,12)(H3,9,10,13)/t5-/m1/s1. The third-order valence-electron chi connectivity index (χ3n) is 1.49. The number of primary amides is 1. The topological polar surface area (TPSA) is 118 Å². The van der Waals surface area contributed by atoms with E-state index in [1.54, 1.807) is 0 Å². The molecule has 0 aromatic rings. The Hall–Kier alpha value is -1.30. The van der Waals surface area contributed by atoms with Gasteiger partial charge in [0.05, 0.1) is 6.42 Å². The van der Waals surface area contributed by atoms with Crippen LogP contribution in [0.1, 0.15) is 19.3 Å². The second-order valence-electron chi connectivity index (χ2n) is 2.79. The van der Waals surface area contributed by atoms with Gasteiger partial charge >= 0.3 is 12.0 Å². The lowest BCUT2D eigenvalue weighted by Gasteiger charge is -2.07. The van der Waals surface area contributed by atoms with E-state index in [9.17, 15) is 9.59 Å². The van der Waals surface area contributed by atoms with Crippen LogP contribution in [0.25, 0.3) is 0 Å². The summed E-state index contributed by atoms with van der Waals surface area (Å²) >= 11 is 0. The largest absolute Gasteiger partial charge is 0.481 e. The predicted octanol–water partition coefficient (Wildman–Crippen LogP) is -0.763. The number of nitrogens with two attached hydrogens (primary N) is 2. The summed E-state index contributed by atoms with van der Waals surface area (Å²) in [5.74, 6) is -0.907. The van der Waals surface area contributed by atoms with Gasteiger partial charge in [0, 0.05) is 12.6 Å². The number of carbonyl (C=O) groups excluding carboxylic acids is 1. The molecule has 6 N–H and O–H groups in total. The van der Waals surface area contributed by atoms with Crippen LogP contribution >= 0.6 is 0 Å². The molecule has 0 bridgehead atoms. The number of hydrogen-bond acceptors (Lipinski definition) is 3. The van der Waals surface area contributed by atoms with Crippen molar-refractivity contribution in [2.75, 3.05) is 6.54 Å². The van der Waals surface area contributed by atoms with E-state index in [1.165, 1.54) is 0 Å². The van der Waals surface area contributed by atoms with Crippen LogP contribution in [0, 0.1) is 0 Å². The first-order valence-electron chi connectivity index (χ1n) is 4.03. The second-order valence-corrected chi connectivity index (χ2v) is 2.79. The first-order chi connectivity index (χ1) is 6.02. The molecule has 6 nitrogen and oxygen atoms in total. The molecule has 13 heavy (non-hydrogen) atoms. The van der Waals surface area contributed by atoms with E-state index in [2.05, 4.69) is 5.32 Å². The van der Waals surface area contributed by atoms with Gasteiger partial charge in [-0.2, -0.15) is 0 Å². The maximum absolute atomic E-state index is 10.2. The third-order valence-corrected chi connectivity index (χ3v) is 1.49. The Morgan fingerprint density at radius 3 is 2.54 bits per heavy atom. The Morgan fingerprint density at radius 2 is 2.08 bits per heavy atom. The van der Waals surface area contributed by atoms with Gasteiger partial charge < -0.3 is 21.9 Å². The van der Waals surface area contributed by atoms with E-state index in [4.69, 9.17) is 16.6 Å². The van der Waals surface area contributed by atoms with Crippen molar-refractivity contribution in [1.29, 1.82) is 0 Å². The van der Waals surface area contributed by atoms with Crippen LogP contribution in [0.15, 0.2) is 0 Å². The Morgan fingerprint density at radius 1 is 1.46 bits per heavy atom. The molecule has 76 valence electrons. The zero-order chi connectivity index (χ0) is 10.3. The molecule has 0 unspecified atom stereocenters. The Bertz CT molecular complexity index is 184. The molecule has 1 atom stereocenters. The number of carboxylic acids is 1. The van der Waals surface area contributed by atoms with Crippen molar-refractivity contribution in [3.8, 4) is 0 Å². The van der Waals surface area contributed by atoms with Crippen molar-refractivity contribution in [3.63, 3.8) is 0 Å². The molecule has 2 amide bonds. The van der Waals surface area contributed by atoms with E-state index in [0.717, 1.165) is 0 Å². The summed E-state index contributed by atoms with van der Waals surface area (Å²) in [6.45, 7) is 0.433. The zero-order valence-corrected chi connectivity index (χ0v) is 7.32. The highest BCUT2D eigenvalue weighted by atomic mass is 16.4. The number of aliphatic carboxylic acids is 1. The molecule has 0 spiro atoms. The fourth-order valence-corrected chi connectivity index (χ4v) is 0.902. The average molecular weight is 189 g/mol. The zero-order valence-electron chi connectivity index (χ0n) is 7.32. The highest BCUT2D eigenvalue weighted by Gasteiger charge is 2.06. The molecule has 0 heterocycles.